The summed E-state index contributed by atoms with van der Waals surface area (Å²) in [5.41, 5.74) is 1.17. The van der Waals surface area contributed by atoms with Crippen molar-refractivity contribution >= 4 is 30.7 Å². The van der Waals surface area contributed by atoms with Crippen molar-refractivity contribution in [1.29, 1.82) is 0 Å². The van der Waals surface area contributed by atoms with Crippen LogP contribution >= 0.6 is 24.8 Å². The van der Waals surface area contributed by atoms with Crippen LogP contribution in [0.25, 0.3) is 0 Å². The van der Waals surface area contributed by atoms with Crippen LogP contribution < -0.4 is 10.6 Å². The molecule has 1 aromatic rings. The van der Waals surface area contributed by atoms with Gasteiger partial charge in [0.15, 0.2) is 0 Å². The molecule has 2 heterocycles. The van der Waals surface area contributed by atoms with E-state index in [-0.39, 0.29) is 30.7 Å². The van der Waals surface area contributed by atoms with Crippen LogP contribution in [0.1, 0.15) is 18.4 Å². The van der Waals surface area contributed by atoms with Gasteiger partial charge in [-0.2, -0.15) is 0 Å². The largest absolute Gasteiger partial charge is 0.352 e. The van der Waals surface area contributed by atoms with Crippen molar-refractivity contribution in [2.24, 2.45) is 0 Å². The first-order chi connectivity index (χ1) is 7.34. The van der Waals surface area contributed by atoms with E-state index < -0.39 is 0 Å². The lowest BCUT2D eigenvalue weighted by Crippen LogP contribution is -2.35. The maximum absolute atomic E-state index is 10.9. The number of halogens is 2. The Bertz CT molecular complexity index is 335. The van der Waals surface area contributed by atoms with E-state index in [1.54, 1.807) is 6.20 Å². The molecular weight excluding hydrogens is 261 g/mol. The summed E-state index contributed by atoms with van der Waals surface area (Å²) in [6, 6.07) is 4.26. The van der Waals surface area contributed by atoms with Crippen LogP contribution in [0.2, 0.25) is 0 Å². The van der Waals surface area contributed by atoms with Gasteiger partial charge in [-0.25, -0.2) is 0 Å². The number of rotatable bonds is 4. The highest BCUT2D eigenvalue weighted by atomic mass is 35.5. The predicted molar refractivity (Wildman–Crippen MR) is 71.6 cm³/mol. The lowest BCUT2D eigenvalue weighted by atomic mass is 10.2. The Balaban J connectivity index is 0.00000128. The summed E-state index contributed by atoms with van der Waals surface area (Å²) in [5, 5.41) is 6.23. The van der Waals surface area contributed by atoms with Crippen LogP contribution in [-0.4, -0.2) is 23.5 Å². The lowest BCUT2D eigenvalue weighted by molar-refractivity contribution is -0.119. The molecule has 0 bridgehead atoms. The van der Waals surface area contributed by atoms with Crippen molar-refractivity contribution in [3.8, 4) is 0 Å². The summed E-state index contributed by atoms with van der Waals surface area (Å²) < 4.78 is 0. The average molecular weight is 278 g/mol. The normalized spacial score (nSPS) is 17.9. The van der Waals surface area contributed by atoms with Gasteiger partial charge in [0.25, 0.3) is 0 Å². The molecule has 1 aliphatic rings. The molecule has 1 saturated heterocycles. The molecule has 6 heteroatoms. The molecule has 2 N–H and O–H groups in total. The fourth-order valence-electron chi connectivity index (χ4n) is 1.72. The van der Waals surface area contributed by atoms with Crippen LogP contribution in [0.3, 0.4) is 0 Å². The SMILES string of the molecule is Cl.Cl.O=C1CC[C@@H](CNCc2cccnc2)N1. The van der Waals surface area contributed by atoms with Crippen molar-refractivity contribution in [1.82, 2.24) is 15.6 Å². The number of hydrogen-bond donors (Lipinski definition) is 2. The van der Waals surface area contributed by atoms with E-state index in [1.165, 1.54) is 5.56 Å². The quantitative estimate of drug-likeness (QED) is 0.872. The molecule has 0 saturated carbocycles. The Kier molecular flexibility index (Phi) is 7.87. The maximum Gasteiger partial charge on any atom is 0.220 e. The number of carbonyl (C=O) groups excluding carboxylic acids is 1. The Morgan fingerprint density at radius 1 is 1.47 bits per heavy atom. The third kappa shape index (κ3) is 5.35. The van der Waals surface area contributed by atoms with Crippen molar-refractivity contribution in [3.05, 3.63) is 30.1 Å². The number of nitrogens with zero attached hydrogens (tertiary/aromatic N) is 1. The number of amides is 1. The average Bonchev–Trinajstić information content (AvgIpc) is 2.66. The molecule has 0 unspecified atom stereocenters. The highest BCUT2D eigenvalue weighted by Crippen LogP contribution is 2.05. The first-order valence-electron chi connectivity index (χ1n) is 5.23. The Morgan fingerprint density at radius 3 is 2.88 bits per heavy atom. The molecule has 1 atom stereocenters. The Hall–Kier alpha value is -0.840. The smallest absolute Gasteiger partial charge is 0.220 e. The van der Waals surface area contributed by atoms with Crippen LogP contribution in [0, 0.1) is 0 Å². The third-order valence-electron chi connectivity index (χ3n) is 2.53. The van der Waals surface area contributed by atoms with E-state index in [9.17, 15) is 4.79 Å². The molecule has 0 aliphatic carbocycles. The van der Waals surface area contributed by atoms with Gasteiger partial charge in [-0.05, 0) is 18.1 Å². The van der Waals surface area contributed by atoms with E-state index in [4.69, 9.17) is 0 Å². The van der Waals surface area contributed by atoms with Gasteiger partial charge in [0.1, 0.15) is 0 Å². The Morgan fingerprint density at radius 2 is 2.29 bits per heavy atom. The summed E-state index contributed by atoms with van der Waals surface area (Å²) >= 11 is 0. The van der Waals surface area contributed by atoms with Crippen LogP contribution in [-0.2, 0) is 11.3 Å². The molecule has 17 heavy (non-hydrogen) atoms. The minimum Gasteiger partial charge on any atom is -0.352 e. The third-order valence-corrected chi connectivity index (χ3v) is 2.53. The first-order valence-corrected chi connectivity index (χ1v) is 5.23. The first kappa shape index (κ1) is 16.2. The van der Waals surface area contributed by atoms with Gasteiger partial charge < -0.3 is 10.6 Å². The molecule has 0 spiro atoms. The molecule has 1 aliphatic heterocycles. The zero-order valence-electron chi connectivity index (χ0n) is 9.39. The molecule has 0 radical (unpaired) electrons. The van der Waals surface area contributed by atoms with Crippen LogP contribution in [0.15, 0.2) is 24.5 Å². The van der Waals surface area contributed by atoms with Crippen molar-refractivity contribution in [2.45, 2.75) is 25.4 Å². The highest BCUT2D eigenvalue weighted by molar-refractivity contribution is 5.85. The molecule has 1 fully saturated rings. The van der Waals surface area contributed by atoms with Gasteiger partial charge in [-0.1, -0.05) is 6.07 Å². The molecule has 96 valence electrons. The zero-order chi connectivity index (χ0) is 10.5. The minimum absolute atomic E-state index is 0. The number of pyridine rings is 1. The van der Waals surface area contributed by atoms with Crippen LogP contribution in [0.5, 0.6) is 0 Å². The Labute approximate surface area is 113 Å². The summed E-state index contributed by atoms with van der Waals surface area (Å²) in [5.74, 6) is 0.170. The van der Waals surface area contributed by atoms with Gasteiger partial charge >= 0.3 is 0 Å². The summed E-state index contributed by atoms with van der Waals surface area (Å²) in [4.78, 5) is 15.0. The second kappa shape index (κ2) is 8.28. The van der Waals surface area contributed by atoms with Gasteiger partial charge in [0, 0.05) is 37.9 Å². The summed E-state index contributed by atoms with van der Waals surface area (Å²) in [7, 11) is 0. The molecule has 0 aromatic carbocycles. The monoisotopic (exact) mass is 277 g/mol. The van der Waals surface area contributed by atoms with Gasteiger partial charge in [0.05, 0.1) is 0 Å². The fraction of sp³-hybridized carbons (Fsp3) is 0.455. The number of aromatic nitrogens is 1. The van der Waals surface area contributed by atoms with Gasteiger partial charge in [-0.3, -0.25) is 9.78 Å². The molecule has 1 aromatic heterocycles. The predicted octanol–water partition coefficient (Wildman–Crippen LogP) is 1.29. The van der Waals surface area contributed by atoms with E-state index >= 15 is 0 Å². The number of carbonyl (C=O) groups is 1. The number of hydrogen-bond acceptors (Lipinski definition) is 3. The van der Waals surface area contributed by atoms with Crippen molar-refractivity contribution in [2.75, 3.05) is 6.54 Å². The molecular formula is C11H17Cl2N3O. The van der Waals surface area contributed by atoms with Gasteiger partial charge in [-0.15, -0.1) is 24.8 Å². The van der Waals surface area contributed by atoms with E-state index in [0.29, 0.717) is 12.5 Å². The molecule has 1 amide bonds. The zero-order valence-corrected chi connectivity index (χ0v) is 11.0. The topological polar surface area (TPSA) is 54.0 Å². The summed E-state index contributed by atoms with van der Waals surface area (Å²) in [6.07, 6.45) is 5.22. The highest BCUT2D eigenvalue weighted by Gasteiger charge is 2.19. The molecule has 2 rings (SSSR count). The van der Waals surface area contributed by atoms with Crippen molar-refractivity contribution in [3.63, 3.8) is 0 Å². The second-order valence-electron chi connectivity index (χ2n) is 3.80. The standard InChI is InChI=1S/C11H15N3O.2ClH/c15-11-4-3-10(14-11)8-13-7-9-2-1-5-12-6-9;;/h1-2,5-6,10,13H,3-4,7-8H2,(H,14,15);2*1H/t10-;;/m0../s1. The van der Waals surface area contributed by atoms with E-state index in [0.717, 1.165) is 19.5 Å². The molecule has 4 nitrogen and oxygen atoms in total. The second-order valence-corrected chi connectivity index (χ2v) is 3.80. The van der Waals surface area contributed by atoms with E-state index in [1.807, 2.05) is 18.3 Å². The van der Waals surface area contributed by atoms with Crippen LogP contribution in [0.4, 0.5) is 0 Å². The van der Waals surface area contributed by atoms with Crippen molar-refractivity contribution < 1.29 is 4.79 Å². The maximum atomic E-state index is 10.9. The van der Waals surface area contributed by atoms with Gasteiger partial charge in [0.2, 0.25) is 5.91 Å². The summed E-state index contributed by atoms with van der Waals surface area (Å²) in [6.45, 7) is 1.64. The fourth-order valence-corrected chi connectivity index (χ4v) is 1.72. The van der Waals surface area contributed by atoms with E-state index in [2.05, 4.69) is 15.6 Å². The number of nitrogens with one attached hydrogen (secondary N) is 2. The minimum atomic E-state index is 0. The lowest BCUT2D eigenvalue weighted by Gasteiger charge is -2.10.